The van der Waals surface area contributed by atoms with Crippen LogP contribution < -0.4 is 5.32 Å². The van der Waals surface area contributed by atoms with Gasteiger partial charge in [-0.2, -0.15) is 0 Å². The van der Waals surface area contributed by atoms with Crippen LogP contribution in [0.4, 0.5) is 0 Å². The molecule has 0 aliphatic carbocycles. The number of rotatable bonds is 12. The Morgan fingerprint density at radius 2 is 1.73 bits per heavy atom. The van der Waals surface area contributed by atoms with E-state index in [1.54, 1.807) is 23.5 Å². The Morgan fingerprint density at radius 1 is 0.968 bits per heavy atom. The van der Waals surface area contributed by atoms with E-state index >= 15 is 0 Å². The van der Waals surface area contributed by atoms with Crippen molar-refractivity contribution in [2.75, 3.05) is 39.3 Å². The van der Waals surface area contributed by atoms with E-state index < -0.39 is 18.1 Å². The Labute approximate surface area is 369 Å². The van der Waals surface area contributed by atoms with Gasteiger partial charge >= 0.3 is 0 Å². The zero-order valence-electron chi connectivity index (χ0n) is 35.9. The molecule has 0 saturated carbocycles. The molecule has 4 N–H and O–H groups in total. The number of likely N-dealkylation sites (tertiary alicyclic amines) is 3. The molecular weight excluding hydrogens is 819 g/mol. The Kier molecular flexibility index (Phi) is 11.9. The van der Waals surface area contributed by atoms with E-state index in [1.165, 1.54) is 4.90 Å². The molecule has 7 heterocycles. The average Bonchev–Trinajstić information content (AvgIpc) is 4.09. The number of amides is 3. The Morgan fingerprint density at radius 3 is 2.44 bits per heavy atom. The van der Waals surface area contributed by atoms with E-state index in [9.17, 15) is 24.6 Å². The van der Waals surface area contributed by atoms with Crippen molar-refractivity contribution >= 4 is 40.1 Å². The lowest BCUT2D eigenvalue weighted by Crippen LogP contribution is -2.51. The molecular formula is C47H53N9O6S. The largest absolute Gasteiger partial charge is 0.507 e. The van der Waals surface area contributed by atoms with Crippen molar-refractivity contribution in [1.82, 2.24) is 45.3 Å². The number of hydrogen-bond donors (Lipinski definition) is 4. The minimum absolute atomic E-state index is 0.0594. The zero-order valence-corrected chi connectivity index (χ0v) is 36.7. The number of para-hydroxylation sites is 1. The lowest BCUT2D eigenvalue weighted by molar-refractivity contribution is -0.141. The molecule has 3 aliphatic rings. The molecule has 4 aromatic heterocycles. The fourth-order valence-corrected chi connectivity index (χ4v) is 10.2. The SMILES string of the molecule is Cc1ncsc1-c1ccc([C@H](C)NC(=O)[C@@H]2C[C@@H](O)CN2C(=O)[C@@H](c2cc(C3CCN(C(=O)CN4CC(c5cc6cc(-c7ccccc7O)nnc6[nH]5)C4)CC3)no2)C(C)C)cc1. The number of aliphatic hydroxyl groups is 1. The first-order chi connectivity index (χ1) is 30.4. The van der Waals surface area contributed by atoms with Crippen LogP contribution in [0.15, 0.2) is 76.8 Å². The summed E-state index contributed by atoms with van der Waals surface area (Å²) in [5, 5.41) is 38.1. The predicted octanol–water partition coefficient (Wildman–Crippen LogP) is 6.13. The highest BCUT2D eigenvalue weighted by atomic mass is 32.1. The number of thiazole rings is 1. The molecule has 3 aliphatic heterocycles. The number of aryl methyl sites for hydroxylation is 1. The van der Waals surface area contributed by atoms with Crippen molar-refractivity contribution in [2.45, 2.75) is 82.9 Å². The van der Waals surface area contributed by atoms with E-state index in [-0.39, 0.29) is 60.2 Å². The van der Waals surface area contributed by atoms with E-state index in [0.29, 0.717) is 42.3 Å². The van der Waals surface area contributed by atoms with Crippen molar-refractivity contribution in [2.24, 2.45) is 5.92 Å². The molecule has 0 spiro atoms. The highest BCUT2D eigenvalue weighted by Crippen LogP contribution is 2.36. The molecule has 3 amide bonds. The van der Waals surface area contributed by atoms with E-state index in [0.717, 1.165) is 64.4 Å². The fourth-order valence-electron chi connectivity index (χ4n) is 9.36. The number of nitrogens with one attached hydrogen (secondary N) is 2. The van der Waals surface area contributed by atoms with Gasteiger partial charge in [-0.25, -0.2) is 4.98 Å². The molecule has 3 fully saturated rings. The number of carbonyl (C=O) groups excluding carboxylic acids is 3. The molecule has 0 unspecified atom stereocenters. The van der Waals surface area contributed by atoms with E-state index in [1.807, 2.05) is 86.6 Å². The number of piperidine rings is 1. The summed E-state index contributed by atoms with van der Waals surface area (Å²) in [6, 6.07) is 19.9. The fraction of sp³-hybridized carbons (Fsp3) is 0.426. The van der Waals surface area contributed by atoms with Gasteiger partial charge < -0.3 is 34.8 Å². The third kappa shape index (κ3) is 8.71. The summed E-state index contributed by atoms with van der Waals surface area (Å²) in [4.78, 5) is 55.9. The quantitative estimate of drug-likeness (QED) is 0.111. The molecule has 15 nitrogen and oxygen atoms in total. The summed E-state index contributed by atoms with van der Waals surface area (Å²) in [5.74, 6) is -0.388. The number of aromatic amines is 1. The van der Waals surface area contributed by atoms with Gasteiger partial charge in [-0.15, -0.1) is 21.5 Å². The third-order valence-electron chi connectivity index (χ3n) is 13.0. The van der Waals surface area contributed by atoms with Crippen molar-refractivity contribution in [1.29, 1.82) is 0 Å². The maximum absolute atomic E-state index is 14.3. The van der Waals surface area contributed by atoms with Crippen LogP contribution >= 0.6 is 11.3 Å². The molecule has 4 atom stereocenters. The number of nitrogens with zero attached hydrogens (tertiary/aromatic N) is 7. The number of aliphatic hydroxyl groups excluding tert-OH is 1. The lowest BCUT2D eigenvalue weighted by atomic mass is 9.89. The van der Waals surface area contributed by atoms with Crippen molar-refractivity contribution < 1.29 is 29.1 Å². The maximum atomic E-state index is 14.3. The maximum Gasteiger partial charge on any atom is 0.243 e. The number of phenols is 1. The van der Waals surface area contributed by atoms with Gasteiger partial charge in [-0.1, -0.05) is 55.4 Å². The van der Waals surface area contributed by atoms with Crippen LogP contribution in [-0.4, -0.2) is 119 Å². The normalized spacial score (nSPS) is 19.7. The number of aromatic nitrogens is 5. The predicted molar refractivity (Wildman–Crippen MR) is 238 cm³/mol. The van der Waals surface area contributed by atoms with Crippen LogP contribution in [0.3, 0.4) is 0 Å². The molecule has 63 heavy (non-hydrogen) atoms. The number of carbonyl (C=O) groups is 3. The van der Waals surface area contributed by atoms with Crippen LogP contribution in [0, 0.1) is 12.8 Å². The van der Waals surface area contributed by atoms with Crippen LogP contribution in [0.5, 0.6) is 5.75 Å². The van der Waals surface area contributed by atoms with Crippen molar-refractivity contribution in [3.05, 3.63) is 101 Å². The van der Waals surface area contributed by atoms with Gasteiger partial charge in [0.25, 0.3) is 0 Å². The summed E-state index contributed by atoms with van der Waals surface area (Å²) in [5.41, 5.74) is 8.56. The van der Waals surface area contributed by atoms with Crippen LogP contribution in [0.2, 0.25) is 0 Å². The number of fused-ring (bicyclic) bond motifs is 1. The van der Waals surface area contributed by atoms with Gasteiger partial charge in [-0.05, 0) is 68.0 Å². The van der Waals surface area contributed by atoms with Crippen LogP contribution in [0.25, 0.3) is 32.7 Å². The standard InChI is InChI=1S/C47H53N9O6S/c1-26(2)43(47(61)56-23-34(57)19-39(56)46(60)49-27(3)29-9-11-31(12-10-29)44-28(4)48-25-63-44)41-20-37(53-62-41)30-13-15-55(16-14-30)42(59)24-54-21-33(22-54)36-17-32-18-38(51-52-45(32)50-36)35-7-5-6-8-40(35)58/h5-12,17-18,20,25-27,30,33-34,39,43,57-58H,13-16,19,21-24H2,1-4H3,(H,49,60)(H,50,52)/t27-,34+,39-,43+/m0/s1. The molecule has 16 heteroatoms. The summed E-state index contributed by atoms with van der Waals surface area (Å²) >= 11 is 1.59. The second-order valence-electron chi connectivity index (χ2n) is 17.7. The first-order valence-electron chi connectivity index (χ1n) is 21.8. The average molecular weight is 872 g/mol. The minimum atomic E-state index is -0.823. The smallest absolute Gasteiger partial charge is 0.243 e. The lowest BCUT2D eigenvalue weighted by Gasteiger charge is -2.40. The van der Waals surface area contributed by atoms with Gasteiger partial charge in [0.15, 0.2) is 5.65 Å². The highest BCUT2D eigenvalue weighted by molar-refractivity contribution is 7.13. The summed E-state index contributed by atoms with van der Waals surface area (Å²) in [6.07, 6.45) is 0.786. The third-order valence-corrected chi connectivity index (χ3v) is 14.0. The number of benzene rings is 2. The minimum Gasteiger partial charge on any atom is -0.507 e. The number of β-amino-alcohol motifs (C(OH)–C–C–N with tert-alkyl or cyclic N) is 1. The second kappa shape index (κ2) is 17.7. The number of phenolic OH excluding ortho intramolecular Hbond substituents is 1. The Balaban J connectivity index is 0.765. The molecule has 6 aromatic rings. The van der Waals surface area contributed by atoms with Crippen LogP contribution in [-0.2, 0) is 14.4 Å². The molecule has 0 radical (unpaired) electrons. The molecule has 328 valence electrons. The number of hydrogen-bond acceptors (Lipinski definition) is 12. The molecule has 3 saturated heterocycles. The van der Waals surface area contributed by atoms with Crippen LogP contribution in [0.1, 0.15) is 92.2 Å². The first-order valence-corrected chi connectivity index (χ1v) is 22.7. The topological polar surface area (TPSA) is 194 Å². The molecule has 2 aromatic carbocycles. The zero-order chi connectivity index (χ0) is 43.9. The second-order valence-corrected chi connectivity index (χ2v) is 18.6. The van der Waals surface area contributed by atoms with Gasteiger partial charge in [0.05, 0.1) is 46.2 Å². The molecule has 9 rings (SSSR count). The van der Waals surface area contributed by atoms with Crippen molar-refractivity contribution in [3.8, 4) is 27.4 Å². The summed E-state index contributed by atoms with van der Waals surface area (Å²) in [6.45, 7) is 10.9. The summed E-state index contributed by atoms with van der Waals surface area (Å²) < 4.78 is 5.89. The summed E-state index contributed by atoms with van der Waals surface area (Å²) in [7, 11) is 0. The monoisotopic (exact) mass is 871 g/mol. The van der Waals surface area contributed by atoms with E-state index in [4.69, 9.17) is 4.52 Å². The van der Waals surface area contributed by atoms with Crippen molar-refractivity contribution in [3.63, 3.8) is 0 Å². The Hall–Kier alpha value is -5.97. The van der Waals surface area contributed by atoms with Gasteiger partial charge in [-0.3, -0.25) is 19.3 Å². The highest BCUT2D eigenvalue weighted by Gasteiger charge is 2.44. The van der Waals surface area contributed by atoms with Gasteiger partial charge in [0.2, 0.25) is 17.7 Å². The van der Waals surface area contributed by atoms with E-state index in [2.05, 4.69) is 41.6 Å². The first kappa shape index (κ1) is 42.3. The van der Waals surface area contributed by atoms with Gasteiger partial charge in [0, 0.05) is 73.7 Å². The number of aromatic hydroxyl groups is 1. The van der Waals surface area contributed by atoms with Gasteiger partial charge in [0.1, 0.15) is 23.5 Å². The Bertz CT molecular complexity index is 2610. The number of H-pyrrole nitrogens is 1. The molecule has 0 bridgehead atoms.